The maximum Gasteiger partial charge on any atom is 0.238 e. The summed E-state index contributed by atoms with van der Waals surface area (Å²) in [6, 6.07) is 7.50. The molecule has 2 N–H and O–H groups in total. The van der Waals surface area contributed by atoms with Gasteiger partial charge >= 0.3 is 0 Å². The molecule has 88 valence electrons. The Morgan fingerprint density at radius 3 is 2.44 bits per heavy atom. The molecule has 1 rings (SSSR count). The Morgan fingerprint density at radius 1 is 1.31 bits per heavy atom. The molecule has 16 heavy (non-hydrogen) atoms. The van der Waals surface area contributed by atoms with Crippen LogP contribution in [-0.4, -0.2) is 43.2 Å². The number of amides is 1. The van der Waals surface area contributed by atoms with Gasteiger partial charge in [-0.05, 0) is 38.2 Å². The van der Waals surface area contributed by atoms with E-state index in [1.807, 2.05) is 43.3 Å². The molecule has 0 saturated heterocycles. The van der Waals surface area contributed by atoms with Crippen molar-refractivity contribution in [2.45, 2.75) is 6.42 Å². The molecule has 0 fully saturated rings. The quantitative estimate of drug-likeness (QED) is 0.772. The highest BCUT2D eigenvalue weighted by molar-refractivity contribution is 5.92. The van der Waals surface area contributed by atoms with Gasteiger partial charge in [0.1, 0.15) is 0 Å². The third kappa shape index (κ3) is 4.42. The Morgan fingerprint density at radius 2 is 1.94 bits per heavy atom. The van der Waals surface area contributed by atoms with E-state index in [0.29, 0.717) is 13.0 Å². The smallest absolute Gasteiger partial charge is 0.238 e. The first kappa shape index (κ1) is 12.7. The molecule has 0 aliphatic heterocycles. The van der Waals surface area contributed by atoms with Crippen LogP contribution in [0.2, 0.25) is 0 Å². The van der Waals surface area contributed by atoms with Gasteiger partial charge in [-0.25, -0.2) is 0 Å². The van der Waals surface area contributed by atoms with Crippen LogP contribution in [0.4, 0.5) is 5.69 Å². The van der Waals surface area contributed by atoms with Crippen molar-refractivity contribution in [1.82, 2.24) is 4.90 Å². The number of benzene rings is 1. The lowest BCUT2D eigenvalue weighted by molar-refractivity contribution is -0.116. The number of nitrogens with zero attached hydrogens (tertiary/aromatic N) is 1. The second-order valence-electron chi connectivity index (χ2n) is 3.96. The molecule has 0 heterocycles. The number of carbonyl (C=O) groups excluding carboxylic acids is 1. The molecule has 0 aliphatic rings. The van der Waals surface area contributed by atoms with E-state index in [1.54, 1.807) is 0 Å². The molecule has 1 amide bonds. The maximum absolute atomic E-state index is 11.4. The summed E-state index contributed by atoms with van der Waals surface area (Å²) >= 11 is 0. The van der Waals surface area contributed by atoms with Crippen molar-refractivity contribution in [3.05, 3.63) is 29.8 Å². The van der Waals surface area contributed by atoms with E-state index in [9.17, 15) is 4.79 Å². The summed E-state index contributed by atoms with van der Waals surface area (Å²) in [4.78, 5) is 13.3. The highest BCUT2D eigenvalue weighted by atomic mass is 16.2. The third-order valence-electron chi connectivity index (χ3n) is 2.10. The SMILES string of the molecule is CN(C)CC(=O)Nc1ccc(CCO)cc1. The van der Waals surface area contributed by atoms with Gasteiger partial charge in [-0.15, -0.1) is 0 Å². The van der Waals surface area contributed by atoms with Crippen molar-refractivity contribution in [1.29, 1.82) is 0 Å². The molecule has 1 aromatic carbocycles. The first-order valence-electron chi connectivity index (χ1n) is 5.26. The second kappa shape index (κ2) is 6.25. The number of nitrogens with one attached hydrogen (secondary N) is 1. The van der Waals surface area contributed by atoms with Crippen LogP contribution in [0.5, 0.6) is 0 Å². The van der Waals surface area contributed by atoms with Crippen molar-refractivity contribution in [2.24, 2.45) is 0 Å². The van der Waals surface area contributed by atoms with Crippen molar-refractivity contribution in [3.63, 3.8) is 0 Å². The average molecular weight is 222 g/mol. The lowest BCUT2D eigenvalue weighted by Crippen LogP contribution is -2.27. The molecule has 0 radical (unpaired) electrons. The van der Waals surface area contributed by atoms with Crippen molar-refractivity contribution in [3.8, 4) is 0 Å². The summed E-state index contributed by atoms with van der Waals surface area (Å²) < 4.78 is 0. The number of hydrogen-bond acceptors (Lipinski definition) is 3. The molecule has 1 aromatic rings. The van der Waals surface area contributed by atoms with Gasteiger partial charge in [-0.3, -0.25) is 4.79 Å². The summed E-state index contributed by atoms with van der Waals surface area (Å²) in [5, 5.41) is 11.6. The van der Waals surface area contributed by atoms with E-state index in [4.69, 9.17) is 5.11 Å². The fourth-order valence-electron chi connectivity index (χ4n) is 1.37. The normalized spacial score (nSPS) is 10.5. The fourth-order valence-corrected chi connectivity index (χ4v) is 1.37. The van der Waals surface area contributed by atoms with Crippen LogP contribution in [0.25, 0.3) is 0 Å². The van der Waals surface area contributed by atoms with E-state index in [-0.39, 0.29) is 12.5 Å². The molecule has 4 nitrogen and oxygen atoms in total. The molecular formula is C12H18N2O2. The fraction of sp³-hybridized carbons (Fsp3) is 0.417. The van der Waals surface area contributed by atoms with Crippen LogP contribution in [0, 0.1) is 0 Å². The summed E-state index contributed by atoms with van der Waals surface area (Å²) in [6.45, 7) is 0.519. The Labute approximate surface area is 95.9 Å². The molecule has 0 aliphatic carbocycles. The Bertz CT molecular complexity index is 333. The van der Waals surface area contributed by atoms with Crippen LogP contribution < -0.4 is 5.32 Å². The van der Waals surface area contributed by atoms with Gasteiger partial charge in [0, 0.05) is 12.3 Å². The monoisotopic (exact) mass is 222 g/mol. The molecule has 4 heteroatoms. The number of carbonyl (C=O) groups is 1. The predicted molar refractivity (Wildman–Crippen MR) is 64.4 cm³/mol. The van der Waals surface area contributed by atoms with Gasteiger partial charge in [-0.1, -0.05) is 12.1 Å². The van der Waals surface area contributed by atoms with Crippen molar-refractivity contribution < 1.29 is 9.90 Å². The van der Waals surface area contributed by atoms with E-state index in [2.05, 4.69) is 5.32 Å². The van der Waals surface area contributed by atoms with Gasteiger partial charge in [0.15, 0.2) is 0 Å². The summed E-state index contributed by atoms with van der Waals surface area (Å²) in [5.41, 5.74) is 1.85. The van der Waals surface area contributed by atoms with Crippen LogP contribution in [0.15, 0.2) is 24.3 Å². The summed E-state index contributed by atoms with van der Waals surface area (Å²) in [6.07, 6.45) is 0.645. The minimum absolute atomic E-state index is 0.0279. The third-order valence-corrected chi connectivity index (χ3v) is 2.10. The van der Waals surface area contributed by atoms with Gasteiger partial charge in [0.05, 0.1) is 6.54 Å². The van der Waals surface area contributed by atoms with E-state index in [1.165, 1.54) is 0 Å². The van der Waals surface area contributed by atoms with Crippen molar-refractivity contribution >= 4 is 11.6 Å². The first-order chi connectivity index (χ1) is 7.61. The predicted octanol–water partition coefficient (Wildman–Crippen LogP) is 0.721. The molecule has 0 bridgehead atoms. The number of hydrogen-bond donors (Lipinski definition) is 2. The standard InChI is InChI=1S/C12H18N2O2/c1-14(2)9-12(16)13-11-5-3-10(4-6-11)7-8-15/h3-6,15H,7-9H2,1-2H3,(H,13,16). The largest absolute Gasteiger partial charge is 0.396 e. The first-order valence-corrected chi connectivity index (χ1v) is 5.26. The molecule has 0 spiro atoms. The number of rotatable bonds is 5. The number of aliphatic hydroxyl groups excluding tert-OH is 1. The minimum Gasteiger partial charge on any atom is -0.396 e. The van der Waals surface area contributed by atoms with Crippen LogP contribution in [-0.2, 0) is 11.2 Å². The lowest BCUT2D eigenvalue weighted by atomic mass is 10.1. The Hall–Kier alpha value is -1.39. The Kier molecular flexibility index (Phi) is 4.95. The molecule has 0 aromatic heterocycles. The van der Waals surface area contributed by atoms with Crippen LogP contribution in [0.1, 0.15) is 5.56 Å². The number of aliphatic hydroxyl groups is 1. The highest BCUT2D eigenvalue weighted by Crippen LogP contribution is 2.09. The maximum atomic E-state index is 11.4. The van der Waals surface area contributed by atoms with Gasteiger partial charge in [0.25, 0.3) is 0 Å². The molecule has 0 atom stereocenters. The minimum atomic E-state index is -0.0279. The highest BCUT2D eigenvalue weighted by Gasteiger charge is 2.03. The number of anilines is 1. The average Bonchev–Trinajstić information content (AvgIpc) is 2.20. The molecule has 0 saturated carbocycles. The lowest BCUT2D eigenvalue weighted by Gasteiger charge is -2.10. The second-order valence-corrected chi connectivity index (χ2v) is 3.96. The van der Waals surface area contributed by atoms with E-state index >= 15 is 0 Å². The van der Waals surface area contributed by atoms with Gasteiger partial charge in [0.2, 0.25) is 5.91 Å². The van der Waals surface area contributed by atoms with E-state index in [0.717, 1.165) is 11.3 Å². The Balaban J connectivity index is 2.51. The van der Waals surface area contributed by atoms with Gasteiger partial charge in [-0.2, -0.15) is 0 Å². The topological polar surface area (TPSA) is 52.6 Å². The van der Waals surface area contributed by atoms with Crippen LogP contribution in [0.3, 0.4) is 0 Å². The summed E-state index contributed by atoms with van der Waals surface area (Å²) in [7, 11) is 3.70. The summed E-state index contributed by atoms with van der Waals surface area (Å²) in [5.74, 6) is -0.0279. The zero-order valence-corrected chi connectivity index (χ0v) is 9.73. The number of likely N-dealkylation sites (N-methyl/N-ethyl adjacent to an activating group) is 1. The molecular weight excluding hydrogens is 204 g/mol. The van der Waals surface area contributed by atoms with E-state index < -0.39 is 0 Å². The zero-order valence-electron chi connectivity index (χ0n) is 9.73. The van der Waals surface area contributed by atoms with Crippen LogP contribution >= 0.6 is 0 Å². The molecule has 0 unspecified atom stereocenters. The zero-order chi connectivity index (χ0) is 12.0. The van der Waals surface area contributed by atoms with Gasteiger partial charge < -0.3 is 15.3 Å². The van der Waals surface area contributed by atoms with Crippen molar-refractivity contribution in [2.75, 3.05) is 32.6 Å².